The van der Waals surface area contributed by atoms with E-state index in [4.69, 9.17) is 9.16 Å². The lowest BCUT2D eigenvalue weighted by molar-refractivity contribution is -0.0742. The highest BCUT2D eigenvalue weighted by atomic mass is 127. The molecule has 1 fully saturated rings. The first-order chi connectivity index (χ1) is 13.9. The van der Waals surface area contributed by atoms with Crippen LogP contribution in [-0.4, -0.2) is 31.6 Å². The fourth-order valence-corrected chi connectivity index (χ4v) is 9.87. The monoisotopic (exact) mass is 522 g/mol. The zero-order chi connectivity index (χ0) is 20.9. The smallest absolute Gasteiger partial charge is 0.261 e. The van der Waals surface area contributed by atoms with E-state index in [0.29, 0.717) is 18.1 Å². The zero-order valence-electron chi connectivity index (χ0n) is 18.2. The van der Waals surface area contributed by atoms with Crippen molar-refractivity contribution < 1.29 is 9.16 Å². The van der Waals surface area contributed by atoms with Crippen LogP contribution in [0.1, 0.15) is 47.0 Å². The van der Waals surface area contributed by atoms with E-state index in [1.54, 1.807) is 0 Å². The molecule has 3 rings (SSSR count). The van der Waals surface area contributed by atoms with Gasteiger partial charge in [-0.3, -0.25) is 0 Å². The van der Waals surface area contributed by atoms with Gasteiger partial charge in [0.2, 0.25) is 0 Å². The van der Waals surface area contributed by atoms with Crippen molar-refractivity contribution in [1.29, 1.82) is 0 Å². The molecule has 0 amide bonds. The molecule has 0 aromatic heterocycles. The van der Waals surface area contributed by atoms with Gasteiger partial charge in [0.05, 0.1) is 12.2 Å². The first-order valence-corrected chi connectivity index (χ1v) is 14.3. The zero-order valence-corrected chi connectivity index (χ0v) is 21.4. The second-order valence-corrected chi connectivity index (χ2v) is 14.5. The summed E-state index contributed by atoms with van der Waals surface area (Å²) in [4.78, 5) is 0. The lowest BCUT2D eigenvalue weighted by Crippen LogP contribution is -2.66. The first-order valence-electron chi connectivity index (χ1n) is 10.8. The largest absolute Gasteiger partial charge is 0.407 e. The summed E-state index contributed by atoms with van der Waals surface area (Å²) in [6, 6.07) is 21.8. The van der Waals surface area contributed by atoms with Gasteiger partial charge in [-0.1, -0.05) is 111 Å². The number of hydrogen-bond donors (Lipinski definition) is 0. The Hall–Kier alpha value is -0.693. The van der Waals surface area contributed by atoms with E-state index in [2.05, 4.69) is 111 Å². The molecule has 4 heteroatoms. The summed E-state index contributed by atoms with van der Waals surface area (Å²) in [6.07, 6.45) is 4.14. The Morgan fingerprint density at radius 2 is 1.52 bits per heavy atom. The fraction of sp³-hybridized carbons (Fsp3) is 0.520. The average molecular weight is 523 g/mol. The van der Waals surface area contributed by atoms with Crippen molar-refractivity contribution in [2.75, 3.05) is 11.0 Å². The molecular formula is C25H35IO2Si. The van der Waals surface area contributed by atoms with Crippen molar-refractivity contribution in [2.24, 2.45) is 5.92 Å². The molecule has 1 aliphatic heterocycles. The van der Waals surface area contributed by atoms with Crippen molar-refractivity contribution in [3.8, 4) is 0 Å². The molecule has 2 aromatic rings. The summed E-state index contributed by atoms with van der Waals surface area (Å²) in [6.45, 7) is 10.1. The molecule has 0 spiro atoms. The highest BCUT2D eigenvalue weighted by Gasteiger charge is 2.50. The molecule has 2 nitrogen and oxygen atoms in total. The van der Waals surface area contributed by atoms with Crippen molar-refractivity contribution in [2.45, 2.75) is 64.2 Å². The Bertz CT molecular complexity index is 705. The average Bonchev–Trinajstić information content (AvgIpc) is 2.73. The van der Waals surface area contributed by atoms with E-state index in [1.165, 1.54) is 23.2 Å². The molecule has 0 aliphatic carbocycles. The molecule has 1 heterocycles. The van der Waals surface area contributed by atoms with Crippen molar-refractivity contribution in [1.82, 2.24) is 0 Å². The Kier molecular flexibility index (Phi) is 7.98. The van der Waals surface area contributed by atoms with Crippen molar-refractivity contribution in [3.05, 3.63) is 60.7 Å². The summed E-state index contributed by atoms with van der Waals surface area (Å²) in [5, 5.41) is 2.72. The van der Waals surface area contributed by atoms with Crippen LogP contribution in [0.4, 0.5) is 0 Å². The molecule has 0 N–H and O–H groups in total. The van der Waals surface area contributed by atoms with Crippen LogP contribution in [0.25, 0.3) is 0 Å². The van der Waals surface area contributed by atoms with E-state index in [-0.39, 0.29) is 5.04 Å². The van der Waals surface area contributed by atoms with Crippen molar-refractivity contribution >= 4 is 41.3 Å². The van der Waals surface area contributed by atoms with Crippen LogP contribution in [0.15, 0.2) is 60.7 Å². The quantitative estimate of drug-likeness (QED) is 0.269. The van der Waals surface area contributed by atoms with E-state index in [1.807, 2.05) is 0 Å². The van der Waals surface area contributed by atoms with Crippen LogP contribution in [0.3, 0.4) is 0 Å². The highest BCUT2D eigenvalue weighted by molar-refractivity contribution is 14.1. The molecule has 0 radical (unpaired) electrons. The maximum Gasteiger partial charge on any atom is 0.261 e. The number of hydrogen-bond acceptors (Lipinski definition) is 2. The number of rotatable bonds is 7. The minimum atomic E-state index is -2.44. The second-order valence-electron chi connectivity index (χ2n) is 9.31. The van der Waals surface area contributed by atoms with Gasteiger partial charge in [0, 0.05) is 11.0 Å². The summed E-state index contributed by atoms with van der Waals surface area (Å²) in [5.74, 6) is 0.608. The van der Waals surface area contributed by atoms with Gasteiger partial charge in [-0.25, -0.2) is 0 Å². The maximum absolute atomic E-state index is 7.04. The number of benzene rings is 2. The van der Waals surface area contributed by atoms with E-state index < -0.39 is 8.32 Å². The molecule has 1 saturated heterocycles. The third-order valence-corrected chi connectivity index (χ3v) is 12.3. The van der Waals surface area contributed by atoms with Gasteiger partial charge in [-0.2, -0.15) is 0 Å². The SMILES string of the molecule is C[C@@H]1CC[C@@H](CI)O[C@H]1CCO[Si](c1ccccc1)(c1ccccc1)C(C)(C)C. The van der Waals surface area contributed by atoms with Crippen molar-refractivity contribution in [3.63, 3.8) is 0 Å². The van der Waals surface area contributed by atoms with E-state index in [0.717, 1.165) is 17.5 Å². The third-order valence-electron chi connectivity index (χ3n) is 6.26. The Balaban J connectivity index is 1.88. The molecule has 3 atom stereocenters. The first kappa shape index (κ1) is 23.0. The van der Waals surface area contributed by atoms with Crippen LogP contribution >= 0.6 is 22.6 Å². The van der Waals surface area contributed by atoms with E-state index in [9.17, 15) is 0 Å². The van der Waals surface area contributed by atoms with Gasteiger partial charge in [-0.15, -0.1) is 0 Å². The van der Waals surface area contributed by atoms with Crippen LogP contribution in [-0.2, 0) is 9.16 Å². The Morgan fingerprint density at radius 1 is 0.966 bits per heavy atom. The molecule has 29 heavy (non-hydrogen) atoms. The highest BCUT2D eigenvalue weighted by Crippen LogP contribution is 2.37. The van der Waals surface area contributed by atoms with Crippen LogP contribution in [0, 0.1) is 5.92 Å². The second kappa shape index (κ2) is 10.1. The number of halogens is 1. The van der Waals surface area contributed by atoms with Crippen LogP contribution in [0.5, 0.6) is 0 Å². The van der Waals surface area contributed by atoms with Gasteiger partial charge < -0.3 is 9.16 Å². The minimum Gasteiger partial charge on any atom is -0.407 e. The van der Waals surface area contributed by atoms with Gasteiger partial charge in [0.15, 0.2) is 0 Å². The minimum absolute atomic E-state index is 0.0273. The van der Waals surface area contributed by atoms with Crippen LogP contribution in [0.2, 0.25) is 5.04 Å². The number of alkyl halides is 1. The standard InChI is InChI=1S/C25H35IO2Si/c1-20-15-16-21(19-26)28-24(20)17-18-27-29(25(2,3)4,22-11-7-5-8-12-22)23-13-9-6-10-14-23/h5-14,20-21,24H,15-19H2,1-4H3/t20-,21+,24+/m1/s1. The van der Waals surface area contributed by atoms with Gasteiger partial charge in [0.25, 0.3) is 8.32 Å². The summed E-state index contributed by atoms with van der Waals surface area (Å²) >= 11 is 2.45. The topological polar surface area (TPSA) is 18.5 Å². The van der Waals surface area contributed by atoms with Gasteiger partial charge in [-0.05, 0) is 40.6 Å². The summed E-state index contributed by atoms with van der Waals surface area (Å²) in [7, 11) is -2.44. The lowest BCUT2D eigenvalue weighted by Gasteiger charge is -2.43. The molecule has 0 saturated carbocycles. The molecule has 158 valence electrons. The molecule has 0 bridgehead atoms. The van der Waals surface area contributed by atoms with E-state index >= 15 is 0 Å². The Morgan fingerprint density at radius 3 is 2.00 bits per heavy atom. The van der Waals surface area contributed by atoms with Crippen LogP contribution < -0.4 is 10.4 Å². The molecule has 0 unspecified atom stereocenters. The van der Waals surface area contributed by atoms with Gasteiger partial charge >= 0.3 is 0 Å². The summed E-state index contributed by atoms with van der Waals surface area (Å²) in [5.41, 5.74) is 0. The molecule has 2 aromatic carbocycles. The molecular weight excluding hydrogens is 487 g/mol. The lowest BCUT2D eigenvalue weighted by atomic mass is 9.92. The fourth-order valence-electron chi connectivity index (χ4n) is 4.64. The number of ether oxygens (including phenoxy) is 1. The summed E-state index contributed by atoms with van der Waals surface area (Å²) < 4.78 is 14.5. The maximum atomic E-state index is 7.04. The predicted molar refractivity (Wildman–Crippen MR) is 134 cm³/mol. The van der Waals surface area contributed by atoms with Gasteiger partial charge in [0.1, 0.15) is 0 Å². The predicted octanol–water partition coefficient (Wildman–Crippen LogP) is 5.57. The normalized spacial score (nSPS) is 23.1. The molecule has 1 aliphatic rings. The third kappa shape index (κ3) is 5.14. The Labute approximate surface area is 191 Å².